The largest absolute Gasteiger partial charge is 0.231 e. The highest BCUT2D eigenvalue weighted by atomic mass is 79.9. The zero-order valence-corrected chi connectivity index (χ0v) is 5.67. The Hall–Kier alpha value is -0.640. The summed E-state index contributed by atoms with van der Waals surface area (Å²) in [4.78, 5) is 1.24. The lowest BCUT2D eigenvalue weighted by Gasteiger charge is -1.80. The van der Waals surface area contributed by atoms with E-state index in [9.17, 15) is 0 Å². The minimum Gasteiger partial charge on any atom is -0.181 e. The van der Waals surface area contributed by atoms with Crippen LogP contribution in [0.1, 0.15) is 0 Å². The summed E-state index contributed by atoms with van der Waals surface area (Å²) in [6.45, 7) is 0. The molecule has 8 heavy (non-hydrogen) atoms. The molecule has 42 valence electrons. The van der Waals surface area contributed by atoms with E-state index >= 15 is 0 Å². The summed E-state index contributed by atoms with van der Waals surface area (Å²) in [7, 11) is 0. The summed E-state index contributed by atoms with van der Waals surface area (Å²) >= 11 is 3.21. The monoisotopic (exact) mass is 174 g/mol. The van der Waals surface area contributed by atoms with Crippen LogP contribution in [0.2, 0.25) is 0 Å². The molecule has 4 heteroatoms. The highest BCUT2D eigenvalue weighted by molar-refractivity contribution is 9.10. The average molecular weight is 175 g/mol. The van der Waals surface area contributed by atoms with Gasteiger partial charge in [0.05, 0.1) is 0 Å². The maximum absolute atomic E-state index is 5.21. The second kappa shape index (κ2) is 2.09. The van der Waals surface area contributed by atoms with Gasteiger partial charge in [0.2, 0.25) is 6.20 Å². The number of nitrogens with zero attached hydrogens (tertiary/aromatic N) is 2. The zero-order valence-electron chi connectivity index (χ0n) is 4.08. The fourth-order valence-corrected chi connectivity index (χ4v) is 0.561. The van der Waals surface area contributed by atoms with E-state index in [0.29, 0.717) is 0 Å². The number of rotatable bonds is 0. The molecule has 0 spiro atoms. The standard InChI is InChI=1S/C4H5BrN3/c5-4-1-2-8(6)7-3-4/h1-3H,(H2,6,7)/q+1. The van der Waals surface area contributed by atoms with Gasteiger partial charge in [0.1, 0.15) is 6.20 Å². The normalized spacial score (nSPS) is 9.12. The van der Waals surface area contributed by atoms with Gasteiger partial charge in [-0.3, -0.25) is 0 Å². The highest BCUT2D eigenvalue weighted by Crippen LogP contribution is 2.00. The maximum atomic E-state index is 5.21. The summed E-state index contributed by atoms with van der Waals surface area (Å²) in [6.07, 6.45) is 3.28. The molecule has 0 atom stereocenters. The molecule has 0 unspecified atom stereocenters. The predicted molar refractivity (Wildman–Crippen MR) is 32.3 cm³/mol. The molecule has 0 amide bonds. The number of hydrogen-bond donors (Lipinski definition) is 1. The third-order valence-electron chi connectivity index (χ3n) is 0.701. The first-order valence-electron chi connectivity index (χ1n) is 2.07. The van der Waals surface area contributed by atoms with Crippen LogP contribution in [0.4, 0.5) is 0 Å². The lowest BCUT2D eigenvalue weighted by Crippen LogP contribution is -2.47. The van der Waals surface area contributed by atoms with Crippen LogP contribution in [0.5, 0.6) is 0 Å². The number of aromatic nitrogens is 2. The third-order valence-corrected chi connectivity index (χ3v) is 1.17. The molecule has 0 saturated carbocycles. The van der Waals surface area contributed by atoms with Gasteiger partial charge in [-0.25, -0.2) is 0 Å². The second-order valence-electron chi connectivity index (χ2n) is 1.33. The Kier molecular flexibility index (Phi) is 1.43. The van der Waals surface area contributed by atoms with Crippen molar-refractivity contribution in [2.24, 2.45) is 0 Å². The molecule has 0 aliphatic heterocycles. The van der Waals surface area contributed by atoms with Crippen LogP contribution in [0.15, 0.2) is 22.9 Å². The molecule has 0 aliphatic rings. The second-order valence-corrected chi connectivity index (χ2v) is 2.24. The molecule has 2 N–H and O–H groups in total. The summed E-state index contributed by atoms with van der Waals surface area (Å²) in [6, 6.07) is 1.81. The van der Waals surface area contributed by atoms with Gasteiger partial charge in [-0.05, 0) is 15.9 Å². The molecule has 0 aromatic carbocycles. The topological polar surface area (TPSA) is 42.8 Å². The average Bonchev–Trinajstić information content (AvgIpc) is 1.77. The quantitative estimate of drug-likeness (QED) is 0.440. The molecule has 0 aliphatic carbocycles. The summed E-state index contributed by atoms with van der Waals surface area (Å²) in [5.74, 6) is 5.21. The van der Waals surface area contributed by atoms with Crippen LogP contribution in [0, 0.1) is 0 Å². The third kappa shape index (κ3) is 1.16. The predicted octanol–water partition coefficient (Wildman–Crippen LogP) is -0.155. The number of nitrogens with two attached hydrogens (primary N) is 1. The Labute approximate surface area is 55.2 Å². The fraction of sp³-hybridized carbons (Fsp3) is 0. The summed E-state index contributed by atoms with van der Waals surface area (Å²) < 4.78 is 0.930. The molecular weight excluding hydrogens is 170 g/mol. The van der Waals surface area contributed by atoms with Crippen LogP contribution < -0.4 is 10.6 Å². The fourth-order valence-electron chi connectivity index (χ4n) is 0.351. The highest BCUT2D eigenvalue weighted by Gasteiger charge is 1.90. The van der Waals surface area contributed by atoms with E-state index < -0.39 is 0 Å². The zero-order chi connectivity index (χ0) is 5.98. The smallest absolute Gasteiger partial charge is 0.181 e. The molecule has 0 bridgehead atoms. The van der Waals surface area contributed by atoms with Gasteiger partial charge in [-0.1, -0.05) is 0 Å². The lowest BCUT2D eigenvalue weighted by molar-refractivity contribution is -0.700. The van der Waals surface area contributed by atoms with Crippen LogP contribution in [-0.2, 0) is 0 Å². The van der Waals surface area contributed by atoms with Crippen molar-refractivity contribution in [3.05, 3.63) is 22.9 Å². The van der Waals surface area contributed by atoms with Gasteiger partial charge in [0.25, 0.3) is 0 Å². The first kappa shape index (κ1) is 5.50. The first-order valence-corrected chi connectivity index (χ1v) is 2.87. The van der Waals surface area contributed by atoms with E-state index in [1.807, 2.05) is 6.07 Å². The summed E-state index contributed by atoms with van der Waals surface area (Å²) in [5, 5.41) is 3.73. The van der Waals surface area contributed by atoms with Crippen LogP contribution >= 0.6 is 15.9 Å². The van der Waals surface area contributed by atoms with Crippen molar-refractivity contribution in [1.82, 2.24) is 5.10 Å². The van der Waals surface area contributed by atoms with E-state index in [2.05, 4.69) is 21.0 Å². The van der Waals surface area contributed by atoms with Crippen molar-refractivity contribution in [3.8, 4) is 0 Å². The van der Waals surface area contributed by atoms with E-state index in [4.69, 9.17) is 5.84 Å². The molecule has 0 fully saturated rings. The SMILES string of the molecule is N[n+]1ccc(Br)cn1. The van der Waals surface area contributed by atoms with Crippen molar-refractivity contribution < 1.29 is 4.79 Å². The number of halogens is 1. The Bertz CT molecular complexity index is 150. The van der Waals surface area contributed by atoms with Crippen molar-refractivity contribution in [2.75, 3.05) is 5.84 Å². The Balaban J connectivity index is 3.03. The van der Waals surface area contributed by atoms with E-state index in [1.165, 1.54) is 4.79 Å². The maximum Gasteiger partial charge on any atom is 0.231 e. The number of hydrogen-bond acceptors (Lipinski definition) is 2. The van der Waals surface area contributed by atoms with Crippen molar-refractivity contribution >= 4 is 15.9 Å². The van der Waals surface area contributed by atoms with Crippen molar-refractivity contribution in [2.45, 2.75) is 0 Å². The minimum absolute atomic E-state index is 0.930. The molecule has 1 rings (SSSR count). The van der Waals surface area contributed by atoms with Crippen molar-refractivity contribution in [1.29, 1.82) is 0 Å². The van der Waals surface area contributed by atoms with Gasteiger partial charge >= 0.3 is 0 Å². The molecule has 0 saturated heterocycles. The Morgan fingerprint density at radius 2 is 2.50 bits per heavy atom. The van der Waals surface area contributed by atoms with E-state index in [0.717, 1.165) is 4.47 Å². The van der Waals surface area contributed by atoms with Crippen LogP contribution in [0.3, 0.4) is 0 Å². The Morgan fingerprint density at radius 3 is 2.88 bits per heavy atom. The Morgan fingerprint density at radius 1 is 1.75 bits per heavy atom. The number of nitrogen functional groups attached to an aromatic ring is 1. The van der Waals surface area contributed by atoms with E-state index in [-0.39, 0.29) is 0 Å². The lowest BCUT2D eigenvalue weighted by atomic mass is 10.6. The van der Waals surface area contributed by atoms with Gasteiger partial charge in [0.15, 0.2) is 0 Å². The minimum atomic E-state index is 0.930. The van der Waals surface area contributed by atoms with Gasteiger partial charge in [-0.15, -0.1) is 0 Å². The molecule has 1 aromatic rings. The van der Waals surface area contributed by atoms with Crippen LogP contribution in [-0.4, -0.2) is 5.10 Å². The molecule has 1 heterocycles. The van der Waals surface area contributed by atoms with Gasteiger partial charge < -0.3 is 0 Å². The molecule has 0 radical (unpaired) electrons. The summed E-state index contributed by atoms with van der Waals surface area (Å²) in [5.41, 5.74) is 0. The van der Waals surface area contributed by atoms with Crippen molar-refractivity contribution in [3.63, 3.8) is 0 Å². The van der Waals surface area contributed by atoms with Crippen LogP contribution in [0.25, 0.3) is 0 Å². The molecular formula is C4H5BrN3+. The first-order chi connectivity index (χ1) is 3.79. The molecule has 3 nitrogen and oxygen atoms in total. The molecule has 1 aromatic heterocycles. The van der Waals surface area contributed by atoms with Gasteiger partial charge in [-0.2, -0.15) is 5.84 Å². The van der Waals surface area contributed by atoms with Gasteiger partial charge in [0, 0.05) is 20.4 Å². The van der Waals surface area contributed by atoms with E-state index in [1.54, 1.807) is 12.4 Å².